The van der Waals surface area contributed by atoms with Crippen molar-refractivity contribution in [3.05, 3.63) is 0 Å². The van der Waals surface area contributed by atoms with Crippen LogP contribution in [0.25, 0.3) is 0 Å². The van der Waals surface area contributed by atoms with Crippen molar-refractivity contribution in [2.24, 2.45) is 29.4 Å². The number of piperidine rings is 12. The molecule has 3 unspecified atom stereocenters. The standard InChI is InChI=1S/C7H8N2/c8-7-3-1-2-5(3)9(7)6(2)4(1)7/h1-6H,8H2/t1?,2?,3-,4-,5-,6+,7?/m1/s1. The van der Waals surface area contributed by atoms with Crippen molar-refractivity contribution >= 4 is 0 Å². The van der Waals surface area contributed by atoms with Crippen molar-refractivity contribution < 1.29 is 0 Å². The van der Waals surface area contributed by atoms with Gasteiger partial charge in [-0.2, -0.15) is 0 Å². The lowest BCUT2D eigenvalue weighted by Gasteiger charge is -3.07. The van der Waals surface area contributed by atoms with Crippen LogP contribution in [0, 0.1) is 23.7 Å². The van der Waals surface area contributed by atoms with E-state index in [-0.39, 0.29) is 0 Å². The molecule has 0 aromatic carbocycles. The molecule has 3 aliphatic heterocycles. The fourth-order valence-corrected chi connectivity index (χ4v) is 4.78. The van der Waals surface area contributed by atoms with Crippen LogP contribution in [-0.4, -0.2) is 22.6 Å². The van der Waals surface area contributed by atoms with Gasteiger partial charge in [0.05, 0.1) is 5.66 Å². The topological polar surface area (TPSA) is 29.3 Å². The molecule has 2 N–H and O–H groups in total. The average Bonchev–Trinajstić information content (AvgIpc) is 1.88. The molecule has 3 saturated heterocycles. The van der Waals surface area contributed by atoms with Gasteiger partial charge >= 0.3 is 0 Å². The minimum Gasteiger partial charge on any atom is -0.313 e. The van der Waals surface area contributed by atoms with Crippen molar-refractivity contribution in [2.45, 2.75) is 17.7 Å². The van der Waals surface area contributed by atoms with Gasteiger partial charge in [-0.05, 0) is 11.8 Å². The Labute approximate surface area is 53.0 Å². The molecule has 0 spiro atoms. The van der Waals surface area contributed by atoms with E-state index in [1.54, 1.807) is 0 Å². The van der Waals surface area contributed by atoms with Crippen molar-refractivity contribution in [1.82, 2.24) is 4.90 Å². The van der Waals surface area contributed by atoms with E-state index in [2.05, 4.69) is 4.90 Å². The number of nitrogens with zero attached hydrogens (tertiary/aromatic N) is 1. The van der Waals surface area contributed by atoms with Crippen molar-refractivity contribution in [3.8, 4) is 0 Å². The Morgan fingerprint density at radius 2 is 1.78 bits per heavy atom. The molecule has 0 radical (unpaired) electrons. The second-order valence-corrected chi connectivity index (χ2v) is 4.48. The molecule has 2 heteroatoms. The smallest absolute Gasteiger partial charge is 0.0786 e. The zero-order valence-corrected chi connectivity index (χ0v) is 4.99. The van der Waals surface area contributed by atoms with Crippen LogP contribution in [0.5, 0.6) is 0 Å². The Hall–Kier alpha value is -0.0800. The molecule has 0 aromatic heterocycles. The summed E-state index contributed by atoms with van der Waals surface area (Å²) in [5, 5.41) is 0. The van der Waals surface area contributed by atoms with E-state index in [0.717, 1.165) is 35.8 Å². The van der Waals surface area contributed by atoms with Crippen LogP contribution >= 0.6 is 0 Å². The van der Waals surface area contributed by atoms with Crippen LogP contribution in [0.4, 0.5) is 0 Å². The fourth-order valence-electron chi connectivity index (χ4n) is 4.78. The number of rotatable bonds is 0. The quantitative estimate of drug-likeness (QED) is 0.454. The lowest BCUT2D eigenvalue weighted by atomic mass is 9.14. The molecule has 2 nitrogen and oxygen atoms in total. The van der Waals surface area contributed by atoms with Gasteiger partial charge in [-0.25, -0.2) is 0 Å². The zero-order valence-electron chi connectivity index (χ0n) is 4.99. The molecule has 3 heterocycles. The monoisotopic (exact) mass is 120 g/mol. The van der Waals surface area contributed by atoms with E-state index < -0.39 is 0 Å². The highest BCUT2D eigenvalue weighted by atomic mass is 15.6. The first-order chi connectivity index (χ1) is 4.37. The average molecular weight is 120 g/mol. The van der Waals surface area contributed by atoms with Crippen LogP contribution in [0.3, 0.4) is 0 Å². The first-order valence-electron chi connectivity index (χ1n) is 3.94. The normalized spacial score (nSPS) is 99.7. The summed E-state index contributed by atoms with van der Waals surface area (Å²) in [6.07, 6.45) is 0. The summed E-state index contributed by atoms with van der Waals surface area (Å²) < 4.78 is 0. The highest BCUT2D eigenvalue weighted by Crippen LogP contribution is 2.93. The van der Waals surface area contributed by atoms with Gasteiger partial charge in [-0.3, -0.25) is 4.90 Å². The first kappa shape index (κ1) is 3.35. The van der Waals surface area contributed by atoms with Crippen molar-refractivity contribution in [3.63, 3.8) is 0 Å². The van der Waals surface area contributed by atoms with Gasteiger partial charge in [0, 0.05) is 23.9 Å². The summed E-state index contributed by atoms with van der Waals surface area (Å²) in [5.74, 6) is 4.26. The minimum absolute atomic E-state index is 0.300. The molecule has 6 fully saturated rings. The third-order valence-electron chi connectivity index (χ3n) is 4.96. The SMILES string of the molecule is NC12[C@@H]3C4C5[C@H]3N1[C@@H]5[C@@H]42. The molecule has 9 heavy (non-hydrogen) atoms. The van der Waals surface area contributed by atoms with E-state index in [1.807, 2.05) is 0 Å². The second kappa shape index (κ2) is 0.523. The summed E-state index contributed by atoms with van der Waals surface area (Å²) >= 11 is 0. The van der Waals surface area contributed by atoms with Gasteiger partial charge in [0.25, 0.3) is 0 Å². The molecule has 0 amide bonds. The van der Waals surface area contributed by atoms with E-state index in [0.29, 0.717) is 5.66 Å². The van der Waals surface area contributed by atoms with Gasteiger partial charge in [-0.1, -0.05) is 0 Å². The van der Waals surface area contributed by atoms with Crippen LogP contribution in [0.15, 0.2) is 0 Å². The van der Waals surface area contributed by atoms with Gasteiger partial charge in [0.15, 0.2) is 0 Å². The summed E-state index contributed by atoms with van der Waals surface area (Å²) in [5.41, 5.74) is 6.41. The highest BCUT2D eigenvalue weighted by Gasteiger charge is 3.03. The van der Waals surface area contributed by atoms with Crippen LogP contribution in [-0.2, 0) is 0 Å². The van der Waals surface area contributed by atoms with Crippen molar-refractivity contribution in [1.29, 1.82) is 0 Å². The second-order valence-electron chi connectivity index (χ2n) is 4.48. The Kier molecular flexibility index (Phi) is 0.195. The van der Waals surface area contributed by atoms with Crippen LogP contribution in [0.1, 0.15) is 0 Å². The van der Waals surface area contributed by atoms with Crippen LogP contribution < -0.4 is 5.73 Å². The molecule has 0 aromatic rings. The molecule has 0 bridgehead atoms. The van der Waals surface area contributed by atoms with E-state index >= 15 is 0 Å². The molecule has 3 saturated carbocycles. The summed E-state index contributed by atoms with van der Waals surface area (Å²) in [7, 11) is 0. The number of nitrogens with two attached hydrogens (primary N) is 1. The molecule has 3 aliphatic carbocycles. The summed E-state index contributed by atoms with van der Waals surface area (Å²) in [6, 6.07) is 2.02. The minimum atomic E-state index is 0.300. The molecule has 46 valence electrons. The third-order valence-corrected chi connectivity index (χ3v) is 4.96. The molecule has 6 rings (SSSR count). The van der Waals surface area contributed by atoms with Gasteiger partial charge in [0.2, 0.25) is 0 Å². The summed E-state index contributed by atoms with van der Waals surface area (Å²) in [4.78, 5) is 2.56. The first-order valence-corrected chi connectivity index (χ1v) is 3.94. The Morgan fingerprint density at radius 1 is 1.11 bits per heavy atom. The molecule has 7 atom stereocenters. The van der Waals surface area contributed by atoms with Gasteiger partial charge < -0.3 is 5.73 Å². The number of hydrogen-bond donors (Lipinski definition) is 1. The third kappa shape index (κ3) is 0.0955. The Balaban J connectivity index is 1.93. The van der Waals surface area contributed by atoms with E-state index in [1.165, 1.54) is 0 Å². The predicted molar refractivity (Wildman–Crippen MR) is 30.3 cm³/mol. The van der Waals surface area contributed by atoms with Crippen LogP contribution in [0.2, 0.25) is 0 Å². The molecular weight excluding hydrogens is 112 g/mol. The summed E-state index contributed by atoms with van der Waals surface area (Å²) in [6.45, 7) is 0. The van der Waals surface area contributed by atoms with E-state index in [4.69, 9.17) is 5.73 Å². The molecular formula is C7H8N2. The van der Waals surface area contributed by atoms with Gasteiger partial charge in [0.1, 0.15) is 0 Å². The largest absolute Gasteiger partial charge is 0.313 e. The maximum Gasteiger partial charge on any atom is 0.0786 e. The zero-order chi connectivity index (χ0) is 5.54. The highest BCUT2D eigenvalue weighted by molar-refractivity contribution is 5.54. The molecule has 6 aliphatic rings. The lowest BCUT2D eigenvalue weighted by molar-refractivity contribution is -0.592. The van der Waals surface area contributed by atoms with E-state index in [9.17, 15) is 0 Å². The lowest BCUT2D eigenvalue weighted by Crippen LogP contribution is -3.19. The maximum absolute atomic E-state index is 6.11. The Morgan fingerprint density at radius 3 is 2.00 bits per heavy atom. The van der Waals surface area contributed by atoms with Crippen molar-refractivity contribution in [2.75, 3.05) is 0 Å². The Bertz CT molecular complexity index is 209. The predicted octanol–water partition coefficient (Wildman–Crippen LogP) is -0.787. The fraction of sp³-hybridized carbons (Fsp3) is 1.00. The number of hydrogen-bond acceptors (Lipinski definition) is 2. The maximum atomic E-state index is 6.11. The van der Waals surface area contributed by atoms with Gasteiger partial charge in [-0.15, -0.1) is 0 Å².